The van der Waals surface area contributed by atoms with Crippen molar-refractivity contribution in [2.75, 3.05) is 5.73 Å². The predicted octanol–water partition coefficient (Wildman–Crippen LogP) is 5.23. The van der Waals surface area contributed by atoms with Gasteiger partial charge in [-0.15, -0.1) is 0 Å². The fraction of sp³-hybridized carbons (Fsp3) is 0.438. The van der Waals surface area contributed by atoms with Crippen molar-refractivity contribution in [1.82, 2.24) is 9.55 Å². The summed E-state index contributed by atoms with van der Waals surface area (Å²) in [5.41, 5.74) is 8.23. The van der Waals surface area contributed by atoms with Gasteiger partial charge in [-0.25, -0.2) is 4.98 Å². The summed E-state index contributed by atoms with van der Waals surface area (Å²) in [5.74, 6) is 2.44. The summed E-state index contributed by atoms with van der Waals surface area (Å²) in [5, 5.41) is 0.704. The Morgan fingerprint density at radius 2 is 2.10 bits per heavy atom. The predicted molar refractivity (Wildman–Crippen MR) is 91.7 cm³/mol. The topological polar surface area (TPSA) is 43.8 Å². The quantitative estimate of drug-likeness (QED) is 0.806. The van der Waals surface area contributed by atoms with Gasteiger partial charge in [-0.05, 0) is 31.9 Å². The van der Waals surface area contributed by atoms with Crippen molar-refractivity contribution in [2.45, 2.75) is 45.1 Å². The number of rotatable bonds is 3. The third-order valence-corrected chi connectivity index (χ3v) is 5.15. The summed E-state index contributed by atoms with van der Waals surface area (Å²) in [6.45, 7) is 2.98. The van der Waals surface area contributed by atoms with Crippen LogP contribution in [0, 0.1) is 0 Å². The van der Waals surface area contributed by atoms with Crippen LogP contribution < -0.4 is 5.73 Å². The molecule has 1 saturated carbocycles. The molecular formula is C16H19BrClN3. The van der Waals surface area contributed by atoms with Gasteiger partial charge in [0.05, 0.1) is 0 Å². The molecule has 1 aromatic heterocycles. The van der Waals surface area contributed by atoms with E-state index in [2.05, 4.69) is 27.4 Å². The van der Waals surface area contributed by atoms with Crippen LogP contribution in [0.3, 0.4) is 0 Å². The van der Waals surface area contributed by atoms with Gasteiger partial charge in [0, 0.05) is 27.5 Å². The Labute approximate surface area is 138 Å². The summed E-state index contributed by atoms with van der Waals surface area (Å²) >= 11 is 9.59. The van der Waals surface area contributed by atoms with Gasteiger partial charge in [-0.1, -0.05) is 46.4 Å². The summed E-state index contributed by atoms with van der Waals surface area (Å²) in [4.78, 5) is 4.89. The normalized spacial score (nSPS) is 15.8. The maximum atomic E-state index is 6.37. The highest BCUT2D eigenvalue weighted by molar-refractivity contribution is 9.10. The average molecular weight is 369 g/mol. The minimum Gasteiger partial charge on any atom is -0.383 e. The molecule has 0 atom stereocenters. The monoisotopic (exact) mass is 367 g/mol. The molecule has 2 aromatic rings. The molecular weight excluding hydrogens is 350 g/mol. The Balaban J connectivity index is 2.10. The van der Waals surface area contributed by atoms with Gasteiger partial charge >= 0.3 is 0 Å². The molecule has 1 fully saturated rings. The second-order valence-corrected chi connectivity index (χ2v) is 6.84. The van der Waals surface area contributed by atoms with Crippen LogP contribution >= 0.6 is 27.5 Å². The Kier molecular flexibility index (Phi) is 4.27. The van der Waals surface area contributed by atoms with Crippen molar-refractivity contribution in [2.24, 2.45) is 0 Å². The molecule has 1 heterocycles. The smallest absolute Gasteiger partial charge is 0.131 e. The minimum atomic E-state index is 0.548. The number of imidazole rings is 1. The first-order valence-corrected chi connectivity index (χ1v) is 8.60. The lowest BCUT2D eigenvalue weighted by Gasteiger charge is -2.11. The maximum absolute atomic E-state index is 6.37. The molecule has 112 valence electrons. The first-order valence-electron chi connectivity index (χ1n) is 7.43. The molecule has 3 rings (SSSR count). The highest BCUT2D eigenvalue weighted by atomic mass is 79.9. The number of aromatic nitrogens is 2. The number of nitrogen functional groups attached to an aromatic ring is 1. The maximum Gasteiger partial charge on any atom is 0.131 e. The third-order valence-electron chi connectivity index (χ3n) is 4.26. The minimum absolute atomic E-state index is 0.548. The number of anilines is 1. The standard InChI is InChI=1S/C16H19BrClN3/c1-2-21-15(19)14(12-8-7-11(18)9-13(12)17)20-16(21)10-5-3-4-6-10/h7-10H,2-6,19H2,1H3. The lowest BCUT2D eigenvalue weighted by molar-refractivity contribution is 0.604. The zero-order valence-corrected chi connectivity index (χ0v) is 14.4. The van der Waals surface area contributed by atoms with Crippen LogP contribution in [0.4, 0.5) is 5.82 Å². The molecule has 0 radical (unpaired) electrons. The van der Waals surface area contributed by atoms with Gasteiger partial charge in [0.15, 0.2) is 0 Å². The molecule has 1 aliphatic carbocycles. The summed E-state index contributed by atoms with van der Waals surface area (Å²) < 4.78 is 3.09. The van der Waals surface area contributed by atoms with E-state index < -0.39 is 0 Å². The molecule has 1 aliphatic rings. The van der Waals surface area contributed by atoms with E-state index in [1.807, 2.05) is 18.2 Å². The van der Waals surface area contributed by atoms with E-state index in [0.29, 0.717) is 10.9 Å². The number of nitrogens with zero attached hydrogens (tertiary/aromatic N) is 2. The van der Waals surface area contributed by atoms with E-state index in [4.69, 9.17) is 22.3 Å². The molecule has 1 aromatic carbocycles. The highest BCUT2D eigenvalue weighted by Gasteiger charge is 2.25. The van der Waals surface area contributed by atoms with E-state index in [1.165, 1.54) is 25.7 Å². The number of benzene rings is 1. The summed E-state index contributed by atoms with van der Waals surface area (Å²) in [6.07, 6.45) is 5.03. The molecule has 5 heteroatoms. The first kappa shape index (κ1) is 14.9. The van der Waals surface area contributed by atoms with Gasteiger partial charge in [0.1, 0.15) is 17.3 Å². The number of nitrogens with two attached hydrogens (primary N) is 1. The molecule has 0 spiro atoms. The van der Waals surface area contributed by atoms with E-state index in [9.17, 15) is 0 Å². The largest absolute Gasteiger partial charge is 0.383 e. The Bertz CT molecular complexity index is 660. The molecule has 2 N–H and O–H groups in total. The van der Waals surface area contributed by atoms with Crippen molar-refractivity contribution in [3.05, 3.63) is 33.5 Å². The van der Waals surface area contributed by atoms with E-state index in [0.717, 1.165) is 33.9 Å². The van der Waals surface area contributed by atoms with Gasteiger partial charge < -0.3 is 10.3 Å². The van der Waals surface area contributed by atoms with E-state index in [1.54, 1.807) is 0 Å². The molecule has 0 unspecified atom stereocenters. The van der Waals surface area contributed by atoms with Crippen LogP contribution in [0.2, 0.25) is 5.02 Å². The molecule has 0 amide bonds. The lowest BCUT2D eigenvalue weighted by atomic mass is 10.1. The number of hydrogen-bond acceptors (Lipinski definition) is 2. The Morgan fingerprint density at radius 3 is 2.71 bits per heavy atom. The molecule has 0 aliphatic heterocycles. The van der Waals surface area contributed by atoms with Crippen molar-refractivity contribution in [3.63, 3.8) is 0 Å². The molecule has 0 bridgehead atoms. The van der Waals surface area contributed by atoms with Crippen molar-refractivity contribution >= 4 is 33.3 Å². The van der Waals surface area contributed by atoms with Crippen LogP contribution in [0.15, 0.2) is 22.7 Å². The number of hydrogen-bond donors (Lipinski definition) is 1. The second kappa shape index (κ2) is 6.01. The van der Waals surface area contributed by atoms with Crippen LogP contribution in [0.5, 0.6) is 0 Å². The summed E-state index contributed by atoms with van der Waals surface area (Å²) in [6, 6.07) is 5.74. The molecule has 0 saturated heterocycles. The van der Waals surface area contributed by atoms with Crippen LogP contribution in [0.1, 0.15) is 44.3 Å². The summed E-state index contributed by atoms with van der Waals surface area (Å²) in [7, 11) is 0. The fourth-order valence-electron chi connectivity index (χ4n) is 3.19. The van der Waals surface area contributed by atoms with Crippen LogP contribution in [0.25, 0.3) is 11.3 Å². The van der Waals surface area contributed by atoms with Crippen molar-refractivity contribution < 1.29 is 0 Å². The van der Waals surface area contributed by atoms with Crippen LogP contribution in [-0.4, -0.2) is 9.55 Å². The van der Waals surface area contributed by atoms with Gasteiger partial charge in [0.2, 0.25) is 0 Å². The first-order chi connectivity index (χ1) is 10.1. The molecule has 3 nitrogen and oxygen atoms in total. The van der Waals surface area contributed by atoms with Crippen LogP contribution in [-0.2, 0) is 6.54 Å². The van der Waals surface area contributed by atoms with E-state index >= 15 is 0 Å². The molecule has 21 heavy (non-hydrogen) atoms. The van der Waals surface area contributed by atoms with Crippen molar-refractivity contribution in [1.29, 1.82) is 0 Å². The highest BCUT2D eigenvalue weighted by Crippen LogP contribution is 2.39. The van der Waals surface area contributed by atoms with Gasteiger partial charge in [0.25, 0.3) is 0 Å². The zero-order valence-electron chi connectivity index (χ0n) is 12.1. The third kappa shape index (κ3) is 2.71. The fourth-order valence-corrected chi connectivity index (χ4v) is 4.06. The number of halogens is 2. The Hall–Kier alpha value is -1.00. The van der Waals surface area contributed by atoms with E-state index in [-0.39, 0.29) is 0 Å². The Morgan fingerprint density at radius 1 is 1.38 bits per heavy atom. The van der Waals surface area contributed by atoms with Gasteiger partial charge in [-0.2, -0.15) is 0 Å². The zero-order chi connectivity index (χ0) is 15.0. The second-order valence-electron chi connectivity index (χ2n) is 5.55. The average Bonchev–Trinajstić information content (AvgIpc) is 3.07. The van der Waals surface area contributed by atoms with Crippen molar-refractivity contribution in [3.8, 4) is 11.3 Å². The SMILES string of the molecule is CCn1c(C2CCCC2)nc(-c2ccc(Cl)cc2Br)c1N. The van der Waals surface area contributed by atoms with Gasteiger partial charge in [-0.3, -0.25) is 0 Å². The lowest BCUT2D eigenvalue weighted by Crippen LogP contribution is -2.08.